The van der Waals surface area contributed by atoms with Crippen LogP contribution in [-0.2, 0) is 6.42 Å². The van der Waals surface area contributed by atoms with Gasteiger partial charge in [-0.3, -0.25) is 4.79 Å². The van der Waals surface area contributed by atoms with E-state index in [9.17, 15) is 9.18 Å². The second-order valence-corrected chi connectivity index (χ2v) is 4.27. The van der Waals surface area contributed by atoms with Crippen molar-refractivity contribution in [2.45, 2.75) is 12.8 Å². The third-order valence-corrected chi connectivity index (χ3v) is 3.21. The third-order valence-electron chi connectivity index (χ3n) is 3.21. The predicted molar refractivity (Wildman–Crippen MR) is 64.5 cm³/mol. The molecule has 3 rings (SSSR count). The Bertz CT molecular complexity index is 602. The van der Waals surface area contributed by atoms with Crippen molar-refractivity contribution in [1.82, 2.24) is 0 Å². The van der Waals surface area contributed by atoms with Gasteiger partial charge in [0.15, 0.2) is 5.78 Å². The largest absolute Gasteiger partial charge is 0.294 e. The van der Waals surface area contributed by atoms with E-state index in [-0.39, 0.29) is 11.6 Å². The molecule has 1 aliphatic carbocycles. The zero-order valence-electron chi connectivity index (χ0n) is 9.24. The van der Waals surface area contributed by atoms with Crippen LogP contribution >= 0.6 is 0 Å². The molecule has 0 saturated carbocycles. The molecule has 0 radical (unpaired) electrons. The number of ketones is 1. The summed E-state index contributed by atoms with van der Waals surface area (Å²) < 4.78 is 13.6. The van der Waals surface area contributed by atoms with E-state index in [1.807, 2.05) is 24.3 Å². The van der Waals surface area contributed by atoms with Crippen molar-refractivity contribution in [2.75, 3.05) is 0 Å². The maximum absolute atomic E-state index is 13.6. The lowest BCUT2D eigenvalue weighted by molar-refractivity contribution is 0.0994. The highest BCUT2D eigenvalue weighted by molar-refractivity contribution is 6.00. The second-order valence-electron chi connectivity index (χ2n) is 4.27. The van der Waals surface area contributed by atoms with Crippen molar-refractivity contribution >= 4 is 5.78 Å². The predicted octanol–water partition coefficient (Wildman–Crippen LogP) is 3.62. The van der Waals surface area contributed by atoms with Crippen LogP contribution in [0.25, 0.3) is 11.1 Å². The molecule has 0 aliphatic heterocycles. The molecule has 0 unspecified atom stereocenters. The van der Waals surface area contributed by atoms with Gasteiger partial charge < -0.3 is 0 Å². The fourth-order valence-corrected chi connectivity index (χ4v) is 2.32. The highest BCUT2D eigenvalue weighted by Crippen LogP contribution is 2.29. The van der Waals surface area contributed by atoms with Crippen molar-refractivity contribution in [2.24, 2.45) is 0 Å². The number of fused-ring (bicyclic) bond motifs is 1. The summed E-state index contributed by atoms with van der Waals surface area (Å²) in [6.07, 6.45) is 1.35. The zero-order chi connectivity index (χ0) is 11.8. The van der Waals surface area contributed by atoms with Crippen LogP contribution in [0.15, 0.2) is 42.5 Å². The van der Waals surface area contributed by atoms with E-state index in [0.29, 0.717) is 12.0 Å². The molecular weight excluding hydrogens is 215 g/mol. The number of rotatable bonds is 1. The maximum atomic E-state index is 13.6. The molecule has 0 aromatic heterocycles. The van der Waals surface area contributed by atoms with E-state index in [1.165, 1.54) is 6.07 Å². The van der Waals surface area contributed by atoms with E-state index in [0.717, 1.165) is 23.1 Å². The standard InChI is InChI=1S/C15H11FO/c16-14-4-2-1-3-12(14)10-5-7-13-11(9-10)6-8-15(13)17/h1-5,7,9H,6,8H2. The Morgan fingerprint density at radius 3 is 2.59 bits per heavy atom. The van der Waals surface area contributed by atoms with Crippen LogP contribution in [0.5, 0.6) is 0 Å². The maximum Gasteiger partial charge on any atom is 0.163 e. The lowest BCUT2D eigenvalue weighted by Crippen LogP contribution is -1.91. The number of benzene rings is 2. The molecule has 0 atom stereocenters. The normalized spacial score (nSPS) is 13.8. The van der Waals surface area contributed by atoms with Gasteiger partial charge in [-0.25, -0.2) is 4.39 Å². The van der Waals surface area contributed by atoms with Gasteiger partial charge in [0.1, 0.15) is 5.82 Å². The molecule has 17 heavy (non-hydrogen) atoms. The van der Waals surface area contributed by atoms with Crippen LogP contribution in [-0.4, -0.2) is 5.78 Å². The van der Waals surface area contributed by atoms with Crippen molar-refractivity contribution in [1.29, 1.82) is 0 Å². The lowest BCUT2D eigenvalue weighted by atomic mass is 10.00. The molecule has 2 heteroatoms. The topological polar surface area (TPSA) is 17.1 Å². The number of carbonyl (C=O) groups excluding carboxylic acids is 1. The highest BCUT2D eigenvalue weighted by atomic mass is 19.1. The number of hydrogen-bond donors (Lipinski definition) is 0. The van der Waals surface area contributed by atoms with E-state index in [2.05, 4.69) is 0 Å². The van der Waals surface area contributed by atoms with E-state index in [4.69, 9.17) is 0 Å². The van der Waals surface area contributed by atoms with E-state index in [1.54, 1.807) is 12.1 Å². The Morgan fingerprint density at radius 1 is 0.941 bits per heavy atom. The van der Waals surface area contributed by atoms with Gasteiger partial charge in [-0.15, -0.1) is 0 Å². The smallest absolute Gasteiger partial charge is 0.163 e. The third kappa shape index (κ3) is 1.66. The minimum Gasteiger partial charge on any atom is -0.294 e. The monoisotopic (exact) mass is 226 g/mol. The molecule has 2 aromatic rings. The summed E-state index contributed by atoms with van der Waals surface area (Å²) in [7, 11) is 0. The average Bonchev–Trinajstić information content (AvgIpc) is 2.71. The molecule has 2 aromatic carbocycles. The molecule has 0 amide bonds. The molecule has 0 bridgehead atoms. The minimum absolute atomic E-state index is 0.195. The Morgan fingerprint density at radius 2 is 1.76 bits per heavy atom. The fraction of sp³-hybridized carbons (Fsp3) is 0.133. The number of aryl methyl sites for hydroxylation is 1. The molecule has 0 spiro atoms. The first-order chi connectivity index (χ1) is 8.25. The van der Waals surface area contributed by atoms with Crippen LogP contribution in [0.1, 0.15) is 22.3 Å². The van der Waals surface area contributed by atoms with Crippen molar-refractivity contribution < 1.29 is 9.18 Å². The molecular formula is C15H11FO. The van der Waals surface area contributed by atoms with E-state index < -0.39 is 0 Å². The summed E-state index contributed by atoms with van der Waals surface area (Å²) in [6.45, 7) is 0. The van der Waals surface area contributed by atoms with Gasteiger partial charge in [0, 0.05) is 17.5 Å². The second kappa shape index (κ2) is 3.81. The SMILES string of the molecule is O=C1CCc2cc(-c3ccccc3F)ccc21. The first kappa shape index (κ1) is 10.2. The number of hydrogen-bond acceptors (Lipinski definition) is 1. The van der Waals surface area contributed by atoms with Crippen LogP contribution in [0.3, 0.4) is 0 Å². The minimum atomic E-state index is -0.225. The van der Waals surface area contributed by atoms with Crippen molar-refractivity contribution in [3.8, 4) is 11.1 Å². The number of carbonyl (C=O) groups is 1. The first-order valence-corrected chi connectivity index (χ1v) is 5.67. The Kier molecular flexibility index (Phi) is 2.29. The zero-order valence-corrected chi connectivity index (χ0v) is 9.24. The highest BCUT2D eigenvalue weighted by Gasteiger charge is 2.19. The average molecular weight is 226 g/mol. The van der Waals surface area contributed by atoms with Gasteiger partial charge in [-0.05, 0) is 23.6 Å². The van der Waals surface area contributed by atoms with Crippen LogP contribution in [0.2, 0.25) is 0 Å². The van der Waals surface area contributed by atoms with Gasteiger partial charge >= 0.3 is 0 Å². The summed E-state index contributed by atoms with van der Waals surface area (Å²) in [5, 5.41) is 0. The Hall–Kier alpha value is -1.96. The quantitative estimate of drug-likeness (QED) is 0.725. The summed E-state index contributed by atoms with van der Waals surface area (Å²) in [5.74, 6) is -0.0307. The number of halogens is 1. The molecule has 1 nitrogen and oxygen atoms in total. The van der Waals surface area contributed by atoms with Gasteiger partial charge in [0.05, 0.1) is 0 Å². The van der Waals surface area contributed by atoms with Crippen LogP contribution in [0.4, 0.5) is 4.39 Å². The Balaban J connectivity index is 2.12. The molecule has 0 heterocycles. The molecule has 84 valence electrons. The van der Waals surface area contributed by atoms with Crippen molar-refractivity contribution in [3.63, 3.8) is 0 Å². The fourth-order valence-electron chi connectivity index (χ4n) is 2.32. The van der Waals surface area contributed by atoms with E-state index >= 15 is 0 Å². The number of Topliss-reactive ketones (excluding diaryl/α,β-unsaturated/α-hetero) is 1. The van der Waals surface area contributed by atoms with Crippen LogP contribution in [0, 0.1) is 5.82 Å². The molecule has 0 fully saturated rings. The van der Waals surface area contributed by atoms with Gasteiger partial charge in [0.25, 0.3) is 0 Å². The summed E-state index contributed by atoms with van der Waals surface area (Å²) >= 11 is 0. The Labute approximate surface area is 98.9 Å². The van der Waals surface area contributed by atoms with Gasteiger partial charge in [0.2, 0.25) is 0 Å². The molecule has 0 N–H and O–H groups in total. The first-order valence-electron chi connectivity index (χ1n) is 5.67. The van der Waals surface area contributed by atoms with Crippen molar-refractivity contribution in [3.05, 3.63) is 59.4 Å². The van der Waals surface area contributed by atoms with Gasteiger partial charge in [-0.1, -0.05) is 36.4 Å². The molecule has 0 saturated heterocycles. The molecule has 1 aliphatic rings. The van der Waals surface area contributed by atoms with Gasteiger partial charge in [-0.2, -0.15) is 0 Å². The van der Waals surface area contributed by atoms with Crippen LogP contribution < -0.4 is 0 Å². The lowest BCUT2D eigenvalue weighted by Gasteiger charge is -2.05. The summed E-state index contributed by atoms with van der Waals surface area (Å²) in [5.41, 5.74) is 3.27. The summed E-state index contributed by atoms with van der Waals surface area (Å²) in [4.78, 5) is 11.5. The summed E-state index contributed by atoms with van der Waals surface area (Å²) in [6, 6.07) is 12.3.